The number of likely N-dealkylation sites (N-methyl/N-ethyl adjacent to an activating group) is 2. The van der Waals surface area contributed by atoms with E-state index >= 15 is 0 Å². The molecule has 0 aromatic heterocycles. The predicted octanol–water partition coefficient (Wildman–Crippen LogP) is 2.28. The summed E-state index contributed by atoms with van der Waals surface area (Å²) in [5.41, 5.74) is 1.83. The van der Waals surface area contributed by atoms with E-state index in [0.717, 1.165) is 43.7 Å². The van der Waals surface area contributed by atoms with Gasteiger partial charge >= 0.3 is 0 Å². The Hall–Kier alpha value is -1.55. The smallest absolute Gasteiger partial charge is 0.253 e. The molecule has 1 saturated heterocycles. The molecular formula is C16H25N3O. The number of rotatable bonds is 4. The first-order chi connectivity index (χ1) is 9.61. The van der Waals surface area contributed by atoms with Crippen LogP contribution < -0.4 is 5.32 Å². The number of hydrogen-bond donors (Lipinski definition) is 1. The lowest BCUT2D eigenvalue weighted by Crippen LogP contribution is -2.47. The Morgan fingerprint density at radius 3 is 2.70 bits per heavy atom. The highest BCUT2D eigenvalue weighted by molar-refractivity contribution is 5.94. The van der Waals surface area contributed by atoms with Gasteiger partial charge in [-0.1, -0.05) is 0 Å². The Morgan fingerprint density at radius 2 is 2.10 bits per heavy atom. The number of hydrogen-bond acceptors (Lipinski definition) is 3. The van der Waals surface area contributed by atoms with E-state index in [-0.39, 0.29) is 5.91 Å². The molecule has 1 unspecified atom stereocenters. The summed E-state index contributed by atoms with van der Waals surface area (Å²) in [6, 6.07) is 8.08. The topological polar surface area (TPSA) is 35.6 Å². The summed E-state index contributed by atoms with van der Waals surface area (Å²) in [4.78, 5) is 16.7. The molecule has 0 aliphatic carbocycles. The van der Waals surface area contributed by atoms with Crippen LogP contribution >= 0.6 is 0 Å². The van der Waals surface area contributed by atoms with Crippen LogP contribution in [0.3, 0.4) is 0 Å². The first-order valence-corrected chi connectivity index (χ1v) is 7.41. The minimum atomic E-state index is 0.119. The van der Waals surface area contributed by atoms with Crippen LogP contribution in [0.1, 0.15) is 30.1 Å². The maximum absolute atomic E-state index is 12.5. The molecule has 4 nitrogen and oxygen atoms in total. The van der Waals surface area contributed by atoms with E-state index in [0.29, 0.717) is 6.04 Å². The largest absolute Gasteiger partial charge is 0.385 e. The van der Waals surface area contributed by atoms with Crippen LogP contribution in [0.2, 0.25) is 0 Å². The number of carbonyl (C=O) groups is 1. The first kappa shape index (κ1) is 14.9. The average molecular weight is 275 g/mol. The monoisotopic (exact) mass is 275 g/mol. The number of anilines is 1. The molecule has 0 saturated carbocycles. The van der Waals surface area contributed by atoms with Gasteiger partial charge in [-0.05, 0) is 57.6 Å². The van der Waals surface area contributed by atoms with Crippen molar-refractivity contribution in [2.24, 2.45) is 0 Å². The first-order valence-electron chi connectivity index (χ1n) is 7.41. The lowest BCUT2D eigenvalue weighted by molar-refractivity contribution is 0.0644. The molecule has 0 bridgehead atoms. The van der Waals surface area contributed by atoms with E-state index in [2.05, 4.69) is 24.2 Å². The van der Waals surface area contributed by atoms with Gasteiger partial charge in [0.15, 0.2) is 0 Å². The lowest BCUT2D eigenvalue weighted by Gasteiger charge is -2.35. The van der Waals surface area contributed by atoms with Crippen molar-refractivity contribution >= 4 is 11.6 Å². The molecule has 1 atom stereocenters. The molecule has 1 aliphatic heterocycles. The highest BCUT2D eigenvalue weighted by atomic mass is 16.2. The Morgan fingerprint density at radius 1 is 1.40 bits per heavy atom. The van der Waals surface area contributed by atoms with Gasteiger partial charge in [-0.25, -0.2) is 0 Å². The fourth-order valence-corrected chi connectivity index (χ4v) is 2.76. The normalized spacial score (nSPS) is 19.6. The highest BCUT2D eigenvalue weighted by Gasteiger charge is 2.24. The SMILES string of the molecule is CCNc1ccc(C(=O)N(C)C2CCCN(C)C2)cc1. The van der Waals surface area contributed by atoms with Crippen LogP contribution in [0.4, 0.5) is 5.69 Å². The summed E-state index contributed by atoms with van der Waals surface area (Å²) in [6.45, 7) is 5.06. The standard InChI is InChI=1S/C16H25N3O/c1-4-17-14-9-7-13(8-10-14)16(20)19(3)15-6-5-11-18(2)12-15/h7-10,15,17H,4-6,11-12H2,1-3H3. The van der Waals surface area contributed by atoms with E-state index in [1.807, 2.05) is 36.2 Å². The van der Waals surface area contributed by atoms with Gasteiger partial charge in [0, 0.05) is 37.4 Å². The molecule has 0 radical (unpaired) electrons. The Balaban J connectivity index is 2.02. The summed E-state index contributed by atoms with van der Waals surface area (Å²) in [7, 11) is 4.04. The Labute approximate surface area is 121 Å². The van der Waals surface area contributed by atoms with Crippen molar-refractivity contribution in [1.82, 2.24) is 9.80 Å². The fraction of sp³-hybridized carbons (Fsp3) is 0.562. The van der Waals surface area contributed by atoms with Crippen molar-refractivity contribution in [3.05, 3.63) is 29.8 Å². The second kappa shape index (κ2) is 6.75. The van der Waals surface area contributed by atoms with E-state index in [4.69, 9.17) is 0 Å². The van der Waals surface area contributed by atoms with Gasteiger partial charge in [0.2, 0.25) is 0 Å². The summed E-state index contributed by atoms with van der Waals surface area (Å²) in [5.74, 6) is 0.119. The average Bonchev–Trinajstić information content (AvgIpc) is 2.47. The van der Waals surface area contributed by atoms with Crippen LogP contribution in [0.15, 0.2) is 24.3 Å². The van der Waals surface area contributed by atoms with Gasteiger partial charge in [0.1, 0.15) is 0 Å². The number of piperidine rings is 1. The van der Waals surface area contributed by atoms with Crippen LogP contribution in [-0.4, -0.2) is 55.5 Å². The molecule has 1 amide bonds. The van der Waals surface area contributed by atoms with Crippen LogP contribution in [0, 0.1) is 0 Å². The zero-order valence-electron chi connectivity index (χ0n) is 12.7. The molecule has 20 heavy (non-hydrogen) atoms. The Kier molecular flexibility index (Phi) is 5.01. The van der Waals surface area contributed by atoms with Crippen LogP contribution in [0.5, 0.6) is 0 Å². The lowest BCUT2D eigenvalue weighted by atomic mass is 10.0. The number of nitrogens with one attached hydrogen (secondary N) is 1. The van der Waals surface area contributed by atoms with Gasteiger partial charge in [-0.15, -0.1) is 0 Å². The van der Waals surface area contributed by atoms with E-state index in [9.17, 15) is 4.79 Å². The minimum Gasteiger partial charge on any atom is -0.385 e. The number of carbonyl (C=O) groups excluding carboxylic acids is 1. The van der Waals surface area contributed by atoms with Gasteiger partial charge in [-0.2, -0.15) is 0 Å². The minimum absolute atomic E-state index is 0.119. The summed E-state index contributed by atoms with van der Waals surface area (Å²) in [5, 5.41) is 3.24. The maximum atomic E-state index is 12.5. The van der Waals surface area contributed by atoms with Crippen molar-refractivity contribution in [3.8, 4) is 0 Å². The van der Waals surface area contributed by atoms with Crippen molar-refractivity contribution in [3.63, 3.8) is 0 Å². The molecule has 2 rings (SSSR count). The number of benzene rings is 1. The van der Waals surface area contributed by atoms with Crippen LogP contribution in [-0.2, 0) is 0 Å². The molecular weight excluding hydrogens is 250 g/mol. The third-order valence-corrected chi connectivity index (χ3v) is 3.98. The third kappa shape index (κ3) is 3.51. The van der Waals surface area contributed by atoms with Crippen LogP contribution in [0.25, 0.3) is 0 Å². The van der Waals surface area contributed by atoms with Gasteiger partial charge in [-0.3, -0.25) is 4.79 Å². The number of likely N-dealkylation sites (tertiary alicyclic amines) is 1. The molecule has 0 spiro atoms. The van der Waals surface area contributed by atoms with Crippen molar-refractivity contribution < 1.29 is 4.79 Å². The van der Waals surface area contributed by atoms with E-state index in [1.54, 1.807) is 0 Å². The van der Waals surface area contributed by atoms with Gasteiger partial charge in [0.25, 0.3) is 5.91 Å². The summed E-state index contributed by atoms with van der Waals surface area (Å²) in [6.07, 6.45) is 2.26. The molecule has 1 N–H and O–H groups in total. The molecule has 1 aromatic rings. The summed E-state index contributed by atoms with van der Waals surface area (Å²) >= 11 is 0. The quantitative estimate of drug-likeness (QED) is 0.915. The number of nitrogens with zero attached hydrogens (tertiary/aromatic N) is 2. The molecule has 1 aromatic carbocycles. The van der Waals surface area contributed by atoms with Crippen molar-refractivity contribution in [1.29, 1.82) is 0 Å². The van der Waals surface area contributed by atoms with Crippen molar-refractivity contribution in [2.45, 2.75) is 25.8 Å². The zero-order chi connectivity index (χ0) is 14.5. The van der Waals surface area contributed by atoms with Gasteiger partial charge in [0.05, 0.1) is 0 Å². The Bertz CT molecular complexity index is 444. The zero-order valence-corrected chi connectivity index (χ0v) is 12.7. The fourth-order valence-electron chi connectivity index (χ4n) is 2.76. The molecule has 110 valence electrons. The maximum Gasteiger partial charge on any atom is 0.253 e. The molecule has 1 fully saturated rings. The number of amides is 1. The third-order valence-electron chi connectivity index (χ3n) is 3.98. The highest BCUT2D eigenvalue weighted by Crippen LogP contribution is 2.17. The van der Waals surface area contributed by atoms with Gasteiger partial charge < -0.3 is 15.1 Å². The molecule has 1 aliphatic rings. The predicted molar refractivity (Wildman–Crippen MR) is 83.2 cm³/mol. The second-order valence-corrected chi connectivity index (χ2v) is 5.58. The summed E-state index contributed by atoms with van der Waals surface area (Å²) < 4.78 is 0. The second-order valence-electron chi connectivity index (χ2n) is 5.58. The van der Waals surface area contributed by atoms with Crippen molar-refractivity contribution in [2.75, 3.05) is 39.0 Å². The van der Waals surface area contributed by atoms with E-state index < -0.39 is 0 Å². The van der Waals surface area contributed by atoms with E-state index in [1.165, 1.54) is 0 Å². The molecule has 1 heterocycles. The molecule has 4 heteroatoms.